The van der Waals surface area contributed by atoms with Crippen LogP contribution < -0.4 is 10.1 Å². The molecule has 4 rings (SSSR count). The van der Waals surface area contributed by atoms with Crippen molar-refractivity contribution in [2.45, 2.75) is 25.8 Å². The lowest BCUT2D eigenvalue weighted by Crippen LogP contribution is -2.30. The minimum Gasteiger partial charge on any atom is -0.467 e. The second kappa shape index (κ2) is 9.57. The fourth-order valence-electron chi connectivity index (χ4n) is 3.57. The van der Waals surface area contributed by atoms with Gasteiger partial charge < -0.3 is 19.5 Å². The molecular weight excluding hydrogens is 378 g/mol. The van der Waals surface area contributed by atoms with Gasteiger partial charge in [0.05, 0.1) is 12.6 Å². The van der Waals surface area contributed by atoms with Crippen LogP contribution in [0.2, 0.25) is 0 Å². The number of rotatable bonds is 7. The minimum absolute atomic E-state index is 0.143. The standard InChI is InChI=1S/C24H25N3O3/c1-3-17-11-12-21(22(14-17)30-16-28-4-2)23-19-9-5-6-10-20(19)24(27-26-23)25-18-8-7-13-29-15-18/h1,5-6,9-12,14,18H,4,7-8,13,15-16H2,2H3,(H,25,27)/t18-/m1/s1. The van der Waals surface area contributed by atoms with Gasteiger partial charge in [-0.2, -0.15) is 0 Å². The topological polar surface area (TPSA) is 65.5 Å². The molecule has 6 nitrogen and oxygen atoms in total. The summed E-state index contributed by atoms with van der Waals surface area (Å²) in [6.07, 6.45) is 7.68. The van der Waals surface area contributed by atoms with Gasteiger partial charge in [0.2, 0.25) is 0 Å². The molecule has 0 unspecified atom stereocenters. The summed E-state index contributed by atoms with van der Waals surface area (Å²) in [6, 6.07) is 14.0. The number of aromatic nitrogens is 2. The average Bonchev–Trinajstić information content (AvgIpc) is 2.80. The molecule has 1 aliphatic rings. The molecule has 1 fully saturated rings. The van der Waals surface area contributed by atoms with Gasteiger partial charge in [-0.25, -0.2) is 0 Å². The van der Waals surface area contributed by atoms with Gasteiger partial charge in [-0.05, 0) is 38.0 Å². The van der Waals surface area contributed by atoms with Gasteiger partial charge in [-0.15, -0.1) is 16.6 Å². The molecular formula is C24H25N3O3. The fraction of sp³-hybridized carbons (Fsp3) is 0.333. The summed E-state index contributed by atoms with van der Waals surface area (Å²) < 4.78 is 16.8. The molecule has 0 amide bonds. The van der Waals surface area contributed by atoms with E-state index >= 15 is 0 Å². The van der Waals surface area contributed by atoms with Gasteiger partial charge in [0, 0.05) is 35.1 Å². The first-order valence-corrected chi connectivity index (χ1v) is 10.2. The lowest BCUT2D eigenvalue weighted by Gasteiger charge is -2.24. The highest BCUT2D eigenvalue weighted by atomic mass is 16.7. The molecule has 0 saturated carbocycles. The van der Waals surface area contributed by atoms with Crippen molar-refractivity contribution in [3.05, 3.63) is 48.0 Å². The lowest BCUT2D eigenvalue weighted by molar-refractivity contribution is 0.0227. The summed E-state index contributed by atoms with van der Waals surface area (Å²) in [5.41, 5.74) is 2.30. The monoisotopic (exact) mass is 403 g/mol. The van der Waals surface area contributed by atoms with E-state index < -0.39 is 0 Å². The molecule has 30 heavy (non-hydrogen) atoms. The van der Waals surface area contributed by atoms with Crippen LogP contribution in [-0.2, 0) is 9.47 Å². The van der Waals surface area contributed by atoms with Crippen molar-refractivity contribution < 1.29 is 14.2 Å². The molecule has 2 heterocycles. The molecule has 1 aliphatic heterocycles. The predicted molar refractivity (Wildman–Crippen MR) is 117 cm³/mol. The third kappa shape index (κ3) is 4.38. The lowest BCUT2D eigenvalue weighted by atomic mass is 10.0. The summed E-state index contributed by atoms with van der Waals surface area (Å²) in [5.74, 6) is 4.04. The SMILES string of the molecule is C#Cc1ccc(-c2nnc(N[C@@H]3CCCOC3)c3ccccc23)c(OCOCC)c1. The first kappa shape index (κ1) is 20.1. The van der Waals surface area contributed by atoms with E-state index in [2.05, 4.69) is 27.5 Å². The number of ether oxygens (including phenoxy) is 3. The van der Waals surface area contributed by atoms with Crippen LogP contribution >= 0.6 is 0 Å². The first-order valence-electron chi connectivity index (χ1n) is 10.2. The van der Waals surface area contributed by atoms with E-state index in [9.17, 15) is 0 Å². The Bertz CT molecular complexity index is 1060. The number of anilines is 1. The maximum Gasteiger partial charge on any atom is 0.189 e. The fourth-order valence-corrected chi connectivity index (χ4v) is 3.57. The second-order valence-electron chi connectivity index (χ2n) is 7.11. The van der Waals surface area contributed by atoms with E-state index in [1.54, 1.807) is 0 Å². The van der Waals surface area contributed by atoms with Crippen molar-refractivity contribution >= 4 is 16.6 Å². The van der Waals surface area contributed by atoms with E-state index in [4.69, 9.17) is 20.6 Å². The highest BCUT2D eigenvalue weighted by molar-refractivity contribution is 6.01. The van der Waals surface area contributed by atoms with Crippen molar-refractivity contribution in [1.82, 2.24) is 10.2 Å². The van der Waals surface area contributed by atoms with Gasteiger partial charge in [0.15, 0.2) is 12.6 Å². The molecule has 0 spiro atoms. The third-order valence-corrected chi connectivity index (χ3v) is 5.09. The zero-order valence-electron chi connectivity index (χ0n) is 17.1. The van der Waals surface area contributed by atoms with Gasteiger partial charge in [-0.3, -0.25) is 0 Å². The highest BCUT2D eigenvalue weighted by Crippen LogP contribution is 2.36. The van der Waals surface area contributed by atoms with Crippen LogP contribution in [0.15, 0.2) is 42.5 Å². The molecule has 1 N–H and O–H groups in total. The zero-order chi connectivity index (χ0) is 20.8. The molecule has 1 aromatic heterocycles. The summed E-state index contributed by atoms with van der Waals surface area (Å²) in [5, 5.41) is 14.6. The van der Waals surface area contributed by atoms with Crippen molar-refractivity contribution in [2.24, 2.45) is 0 Å². The summed E-state index contributed by atoms with van der Waals surface area (Å²) in [4.78, 5) is 0. The largest absolute Gasteiger partial charge is 0.467 e. The van der Waals surface area contributed by atoms with E-state index in [1.807, 2.05) is 43.3 Å². The van der Waals surface area contributed by atoms with Crippen molar-refractivity contribution in [3.63, 3.8) is 0 Å². The Morgan fingerprint density at radius 2 is 2.07 bits per heavy atom. The maximum atomic E-state index is 5.86. The Morgan fingerprint density at radius 1 is 1.20 bits per heavy atom. The Labute approximate surface area is 176 Å². The zero-order valence-corrected chi connectivity index (χ0v) is 17.1. The summed E-state index contributed by atoms with van der Waals surface area (Å²) in [6.45, 7) is 4.13. The quantitative estimate of drug-likeness (QED) is 0.362. The molecule has 1 saturated heterocycles. The normalized spacial score (nSPS) is 16.2. The summed E-state index contributed by atoms with van der Waals surface area (Å²) >= 11 is 0. The Balaban J connectivity index is 1.74. The van der Waals surface area contributed by atoms with Gasteiger partial charge in [0.25, 0.3) is 0 Å². The van der Waals surface area contributed by atoms with E-state index in [0.29, 0.717) is 19.0 Å². The van der Waals surface area contributed by atoms with Crippen LogP contribution in [0.3, 0.4) is 0 Å². The predicted octanol–water partition coefficient (Wildman–Crippen LogP) is 4.24. The van der Waals surface area contributed by atoms with Crippen LogP contribution in [0.1, 0.15) is 25.3 Å². The van der Waals surface area contributed by atoms with Crippen molar-refractivity contribution in [1.29, 1.82) is 0 Å². The Kier molecular flexibility index (Phi) is 6.43. The van der Waals surface area contributed by atoms with E-state index in [-0.39, 0.29) is 12.8 Å². The van der Waals surface area contributed by atoms with E-state index in [0.717, 1.165) is 52.9 Å². The van der Waals surface area contributed by atoms with Crippen LogP contribution in [-0.4, -0.2) is 42.9 Å². The number of nitrogens with one attached hydrogen (secondary N) is 1. The maximum absolute atomic E-state index is 5.86. The second-order valence-corrected chi connectivity index (χ2v) is 7.11. The van der Waals surface area contributed by atoms with Crippen LogP contribution in [0.25, 0.3) is 22.0 Å². The molecule has 3 aromatic rings. The number of benzene rings is 2. The van der Waals surface area contributed by atoms with Crippen LogP contribution in [0.5, 0.6) is 5.75 Å². The van der Waals surface area contributed by atoms with E-state index in [1.165, 1.54) is 0 Å². The van der Waals surface area contributed by atoms with Crippen molar-refractivity contribution in [3.8, 4) is 29.4 Å². The number of hydrogen-bond acceptors (Lipinski definition) is 6. The number of terminal acetylenes is 1. The molecule has 2 aromatic carbocycles. The molecule has 6 heteroatoms. The minimum atomic E-state index is 0.143. The number of hydrogen-bond donors (Lipinski definition) is 1. The van der Waals surface area contributed by atoms with Crippen LogP contribution in [0, 0.1) is 12.3 Å². The van der Waals surface area contributed by atoms with Gasteiger partial charge in [-0.1, -0.05) is 30.2 Å². The molecule has 1 atom stereocenters. The van der Waals surface area contributed by atoms with Gasteiger partial charge in [0.1, 0.15) is 11.4 Å². The Hall–Kier alpha value is -3.14. The molecule has 154 valence electrons. The summed E-state index contributed by atoms with van der Waals surface area (Å²) in [7, 11) is 0. The number of fused-ring (bicyclic) bond motifs is 1. The smallest absolute Gasteiger partial charge is 0.189 e. The first-order chi connectivity index (χ1) is 14.8. The molecule has 0 aliphatic carbocycles. The average molecular weight is 403 g/mol. The van der Waals surface area contributed by atoms with Crippen molar-refractivity contribution in [2.75, 3.05) is 31.9 Å². The Morgan fingerprint density at radius 3 is 2.83 bits per heavy atom. The molecule has 0 bridgehead atoms. The van der Waals surface area contributed by atoms with Crippen LogP contribution in [0.4, 0.5) is 5.82 Å². The van der Waals surface area contributed by atoms with Gasteiger partial charge >= 0.3 is 0 Å². The third-order valence-electron chi connectivity index (χ3n) is 5.09. The number of nitrogens with zero attached hydrogens (tertiary/aromatic N) is 2. The molecule has 0 radical (unpaired) electrons. The highest BCUT2D eigenvalue weighted by Gasteiger charge is 2.19.